The quantitative estimate of drug-likeness (QED) is 0.775. The Balaban J connectivity index is 2.55. The molecule has 0 aliphatic carbocycles. The van der Waals surface area contributed by atoms with E-state index in [4.69, 9.17) is 10.7 Å². The van der Waals surface area contributed by atoms with Crippen molar-refractivity contribution in [3.8, 4) is 0 Å². The van der Waals surface area contributed by atoms with Gasteiger partial charge in [-0.15, -0.1) is 0 Å². The summed E-state index contributed by atoms with van der Waals surface area (Å²) < 4.78 is 21.9. The van der Waals surface area contributed by atoms with Crippen LogP contribution < -0.4 is 0 Å². The van der Waals surface area contributed by atoms with Crippen LogP contribution in [0.15, 0.2) is 30.5 Å². The summed E-state index contributed by atoms with van der Waals surface area (Å²) in [6.45, 7) is 1.89. The molecule has 1 heterocycles. The molecule has 0 saturated carbocycles. The number of halogens is 1. The van der Waals surface area contributed by atoms with E-state index in [0.717, 1.165) is 16.5 Å². The monoisotopic (exact) mass is 255 g/mol. The molecule has 5 heteroatoms. The molecule has 2 rings (SSSR count). The SMILES string of the molecule is Cc1nccc2ccc(CS(=O)(=O)Cl)cc12. The molecule has 0 saturated heterocycles. The first-order valence-electron chi connectivity index (χ1n) is 4.72. The second-order valence-electron chi connectivity index (χ2n) is 3.64. The van der Waals surface area contributed by atoms with Crippen molar-refractivity contribution in [2.45, 2.75) is 12.7 Å². The van der Waals surface area contributed by atoms with Gasteiger partial charge >= 0.3 is 0 Å². The first kappa shape index (κ1) is 11.4. The first-order valence-corrected chi connectivity index (χ1v) is 7.20. The zero-order chi connectivity index (χ0) is 11.8. The molecule has 0 bridgehead atoms. The molecule has 84 valence electrons. The summed E-state index contributed by atoms with van der Waals surface area (Å²) in [5.41, 5.74) is 1.56. The Kier molecular flexibility index (Phi) is 2.86. The van der Waals surface area contributed by atoms with Crippen LogP contribution in [0.25, 0.3) is 10.8 Å². The van der Waals surface area contributed by atoms with E-state index >= 15 is 0 Å². The van der Waals surface area contributed by atoms with Crippen LogP contribution in [0.3, 0.4) is 0 Å². The largest absolute Gasteiger partial charge is 0.261 e. The summed E-state index contributed by atoms with van der Waals surface area (Å²) in [7, 11) is 1.71. The van der Waals surface area contributed by atoms with E-state index in [9.17, 15) is 8.42 Å². The van der Waals surface area contributed by atoms with Gasteiger partial charge in [-0.2, -0.15) is 0 Å². The number of pyridine rings is 1. The summed E-state index contributed by atoms with van der Waals surface area (Å²) in [6.07, 6.45) is 1.73. The second-order valence-corrected chi connectivity index (χ2v) is 6.41. The molecule has 0 radical (unpaired) electrons. The summed E-state index contributed by atoms with van der Waals surface area (Å²) in [5, 5.41) is 2.00. The molecule has 0 atom stereocenters. The van der Waals surface area contributed by atoms with Crippen molar-refractivity contribution in [3.05, 3.63) is 41.7 Å². The van der Waals surface area contributed by atoms with Gasteiger partial charge in [0.1, 0.15) is 0 Å². The number of aromatic nitrogens is 1. The van der Waals surface area contributed by atoms with Gasteiger partial charge in [0.25, 0.3) is 0 Å². The maximum absolute atomic E-state index is 11.0. The number of benzene rings is 1. The van der Waals surface area contributed by atoms with E-state index in [1.165, 1.54) is 0 Å². The summed E-state index contributed by atoms with van der Waals surface area (Å²) in [5.74, 6) is -0.154. The fourth-order valence-corrected chi connectivity index (χ4v) is 2.61. The minimum atomic E-state index is -3.51. The van der Waals surface area contributed by atoms with E-state index in [1.807, 2.05) is 25.1 Å². The third-order valence-corrected chi connectivity index (χ3v) is 3.37. The van der Waals surface area contributed by atoms with Crippen LogP contribution >= 0.6 is 10.7 Å². The minimum Gasteiger partial charge on any atom is -0.261 e. The number of nitrogens with zero attached hydrogens (tertiary/aromatic N) is 1. The standard InChI is InChI=1S/C11H10ClNO2S/c1-8-11-6-9(7-16(12,14)15)2-3-10(11)4-5-13-8/h2-6H,7H2,1H3. The Morgan fingerprint density at radius 3 is 2.75 bits per heavy atom. The van der Waals surface area contributed by atoms with Crippen molar-refractivity contribution in [2.75, 3.05) is 0 Å². The average molecular weight is 256 g/mol. The molecule has 16 heavy (non-hydrogen) atoms. The van der Waals surface area contributed by atoms with Crippen LogP contribution in [-0.2, 0) is 14.8 Å². The Morgan fingerprint density at radius 1 is 1.31 bits per heavy atom. The molecule has 0 N–H and O–H groups in total. The Hall–Kier alpha value is -1.13. The van der Waals surface area contributed by atoms with Gasteiger partial charge in [0, 0.05) is 28.0 Å². The summed E-state index contributed by atoms with van der Waals surface area (Å²) in [4.78, 5) is 4.16. The second kappa shape index (κ2) is 4.03. The Bertz CT molecular complexity index is 637. The fourth-order valence-electron chi connectivity index (χ4n) is 1.65. The zero-order valence-electron chi connectivity index (χ0n) is 8.64. The maximum Gasteiger partial charge on any atom is 0.236 e. The van der Waals surface area contributed by atoms with Gasteiger partial charge in [-0.25, -0.2) is 8.42 Å². The minimum absolute atomic E-state index is 0.154. The lowest BCUT2D eigenvalue weighted by Crippen LogP contribution is -1.95. The molecule has 2 aromatic rings. The number of hydrogen-bond donors (Lipinski definition) is 0. The maximum atomic E-state index is 11.0. The number of hydrogen-bond acceptors (Lipinski definition) is 3. The fraction of sp³-hybridized carbons (Fsp3) is 0.182. The van der Waals surface area contributed by atoms with E-state index in [0.29, 0.717) is 5.56 Å². The summed E-state index contributed by atoms with van der Waals surface area (Å²) in [6, 6.07) is 7.35. The van der Waals surface area contributed by atoms with Crippen LogP contribution in [0.1, 0.15) is 11.3 Å². The highest BCUT2D eigenvalue weighted by Gasteiger charge is 2.08. The molecule has 0 aliphatic rings. The Morgan fingerprint density at radius 2 is 2.06 bits per heavy atom. The highest BCUT2D eigenvalue weighted by Crippen LogP contribution is 2.20. The van der Waals surface area contributed by atoms with E-state index in [1.54, 1.807) is 12.3 Å². The highest BCUT2D eigenvalue weighted by molar-refractivity contribution is 8.13. The van der Waals surface area contributed by atoms with Gasteiger partial charge in [0.05, 0.1) is 5.75 Å². The molecular weight excluding hydrogens is 246 g/mol. The van der Waals surface area contributed by atoms with Crippen LogP contribution in [0.2, 0.25) is 0 Å². The number of rotatable bonds is 2. The smallest absolute Gasteiger partial charge is 0.236 e. The average Bonchev–Trinajstić information content (AvgIpc) is 2.17. The van der Waals surface area contributed by atoms with E-state index in [-0.39, 0.29) is 5.75 Å². The number of fused-ring (bicyclic) bond motifs is 1. The van der Waals surface area contributed by atoms with Gasteiger partial charge in [0.2, 0.25) is 9.05 Å². The van der Waals surface area contributed by atoms with Crippen LogP contribution in [0.5, 0.6) is 0 Å². The molecule has 0 amide bonds. The number of aryl methyl sites for hydroxylation is 1. The normalized spacial score (nSPS) is 11.9. The molecule has 0 fully saturated rings. The predicted octanol–water partition coefficient (Wildman–Crippen LogP) is 2.61. The zero-order valence-corrected chi connectivity index (χ0v) is 10.2. The third kappa shape index (κ3) is 2.51. The van der Waals surface area contributed by atoms with E-state index < -0.39 is 9.05 Å². The van der Waals surface area contributed by atoms with Crippen LogP contribution in [-0.4, -0.2) is 13.4 Å². The van der Waals surface area contributed by atoms with Gasteiger partial charge in [-0.3, -0.25) is 4.98 Å². The molecule has 0 spiro atoms. The molecular formula is C11H10ClNO2S. The molecule has 3 nitrogen and oxygen atoms in total. The molecule has 1 aromatic heterocycles. The lowest BCUT2D eigenvalue weighted by atomic mass is 10.1. The van der Waals surface area contributed by atoms with Crippen molar-refractivity contribution in [3.63, 3.8) is 0 Å². The first-order chi connectivity index (χ1) is 7.46. The van der Waals surface area contributed by atoms with Gasteiger partial charge in [0.15, 0.2) is 0 Å². The van der Waals surface area contributed by atoms with Crippen molar-refractivity contribution in [1.29, 1.82) is 0 Å². The lowest BCUT2D eigenvalue weighted by molar-refractivity contribution is 0.609. The van der Waals surface area contributed by atoms with Crippen molar-refractivity contribution in [1.82, 2.24) is 4.98 Å². The van der Waals surface area contributed by atoms with Crippen LogP contribution in [0.4, 0.5) is 0 Å². The molecule has 0 aliphatic heterocycles. The predicted molar refractivity (Wildman–Crippen MR) is 65.0 cm³/mol. The lowest BCUT2D eigenvalue weighted by Gasteiger charge is -2.03. The van der Waals surface area contributed by atoms with Crippen molar-refractivity contribution >= 4 is 30.5 Å². The topological polar surface area (TPSA) is 47.0 Å². The molecule has 0 unspecified atom stereocenters. The van der Waals surface area contributed by atoms with Gasteiger partial charge in [-0.1, -0.05) is 12.1 Å². The summed E-state index contributed by atoms with van der Waals surface area (Å²) >= 11 is 0. The highest BCUT2D eigenvalue weighted by atomic mass is 35.7. The van der Waals surface area contributed by atoms with Gasteiger partial charge in [-0.05, 0) is 30.0 Å². The van der Waals surface area contributed by atoms with E-state index in [2.05, 4.69) is 4.98 Å². The van der Waals surface area contributed by atoms with Gasteiger partial charge < -0.3 is 0 Å². The molecule has 1 aromatic carbocycles. The third-order valence-electron chi connectivity index (χ3n) is 2.37. The van der Waals surface area contributed by atoms with Crippen molar-refractivity contribution < 1.29 is 8.42 Å². The Labute approximate surface area is 98.5 Å². The van der Waals surface area contributed by atoms with Crippen molar-refractivity contribution in [2.24, 2.45) is 0 Å². The van der Waals surface area contributed by atoms with Crippen LogP contribution in [0, 0.1) is 6.92 Å².